The van der Waals surface area contributed by atoms with Crippen molar-refractivity contribution in [3.05, 3.63) is 35.7 Å². The highest BCUT2D eigenvalue weighted by molar-refractivity contribution is 5.31. The zero-order valence-corrected chi connectivity index (χ0v) is 15.4. The first kappa shape index (κ1) is 16.5. The molecular weight excluding hydrogens is 312 g/mol. The highest BCUT2D eigenvalue weighted by Gasteiger charge is 2.25. The van der Waals surface area contributed by atoms with Gasteiger partial charge in [-0.25, -0.2) is 15.0 Å². The molecule has 1 atom stereocenters. The normalized spacial score (nSPS) is 21.8. The summed E-state index contributed by atoms with van der Waals surface area (Å²) >= 11 is 0. The zero-order valence-electron chi connectivity index (χ0n) is 15.4. The predicted octanol–water partition coefficient (Wildman–Crippen LogP) is 2.50. The molecule has 2 aliphatic heterocycles. The van der Waals surface area contributed by atoms with E-state index in [2.05, 4.69) is 45.6 Å². The third-order valence-electron chi connectivity index (χ3n) is 5.38. The van der Waals surface area contributed by atoms with Crippen molar-refractivity contribution in [2.45, 2.75) is 45.1 Å². The largest absolute Gasteiger partial charge is 0.341 e. The fraction of sp³-hybridized carbons (Fsp3) is 0.632. The standard InChI is InChI=1S/C19H28N6/c1-15-12-23(2)18(21-15)16-6-5-9-24(13-16)14-17-7-8-20-19(22-17)25-10-3-4-11-25/h7-8,12,16H,3-6,9-11,13-14H2,1-2H3/t16-/m1/s1. The molecule has 134 valence electrons. The Morgan fingerprint density at radius 3 is 2.72 bits per heavy atom. The summed E-state index contributed by atoms with van der Waals surface area (Å²) in [5, 5.41) is 0. The number of nitrogens with zero attached hydrogens (tertiary/aromatic N) is 6. The molecule has 0 saturated carbocycles. The molecule has 0 N–H and O–H groups in total. The van der Waals surface area contributed by atoms with Gasteiger partial charge < -0.3 is 9.47 Å². The van der Waals surface area contributed by atoms with Crippen molar-refractivity contribution in [3.8, 4) is 0 Å². The SMILES string of the molecule is Cc1cn(C)c([C@@H]2CCCN(Cc3ccnc(N4CCCC4)n3)C2)n1. The third-order valence-corrected chi connectivity index (χ3v) is 5.38. The Morgan fingerprint density at radius 1 is 1.12 bits per heavy atom. The Labute approximate surface area is 149 Å². The molecule has 4 heterocycles. The molecule has 0 amide bonds. The maximum absolute atomic E-state index is 4.82. The smallest absolute Gasteiger partial charge is 0.225 e. The molecule has 0 spiro atoms. The number of hydrogen-bond donors (Lipinski definition) is 0. The van der Waals surface area contributed by atoms with E-state index in [1.54, 1.807) is 0 Å². The lowest BCUT2D eigenvalue weighted by Crippen LogP contribution is -2.35. The summed E-state index contributed by atoms with van der Waals surface area (Å²) in [4.78, 5) is 18.9. The quantitative estimate of drug-likeness (QED) is 0.856. The van der Waals surface area contributed by atoms with Crippen LogP contribution < -0.4 is 4.90 Å². The van der Waals surface area contributed by atoms with Crippen molar-refractivity contribution in [1.82, 2.24) is 24.4 Å². The number of hydrogen-bond acceptors (Lipinski definition) is 5. The van der Waals surface area contributed by atoms with E-state index in [-0.39, 0.29) is 0 Å². The molecule has 2 saturated heterocycles. The second kappa shape index (κ2) is 7.12. The van der Waals surface area contributed by atoms with Gasteiger partial charge in [-0.15, -0.1) is 0 Å². The van der Waals surface area contributed by atoms with Gasteiger partial charge in [-0.3, -0.25) is 4.90 Å². The van der Waals surface area contributed by atoms with E-state index < -0.39 is 0 Å². The number of imidazole rings is 1. The van der Waals surface area contributed by atoms with Crippen LogP contribution in [0.3, 0.4) is 0 Å². The minimum Gasteiger partial charge on any atom is -0.341 e. The molecule has 0 aliphatic carbocycles. The molecule has 4 rings (SSSR count). The molecule has 0 aromatic carbocycles. The summed E-state index contributed by atoms with van der Waals surface area (Å²) in [5.41, 5.74) is 2.24. The van der Waals surface area contributed by atoms with Gasteiger partial charge in [0, 0.05) is 51.5 Å². The highest BCUT2D eigenvalue weighted by atomic mass is 15.3. The number of rotatable bonds is 4. The van der Waals surface area contributed by atoms with Crippen LogP contribution in [0.4, 0.5) is 5.95 Å². The summed E-state index contributed by atoms with van der Waals surface area (Å²) in [6.07, 6.45) is 9.00. The van der Waals surface area contributed by atoms with E-state index in [4.69, 9.17) is 9.97 Å². The van der Waals surface area contributed by atoms with Crippen molar-refractivity contribution in [3.63, 3.8) is 0 Å². The van der Waals surface area contributed by atoms with Crippen molar-refractivity contribution in [2.24, 2.45) is 7.05 Å². The van der Waals surface area contributed by atoms with Crippen LogP contribution in [0.1, 0.15) is 48.8 Å². The molecule has 0 unspecified atom stereocenters. The van der Waals surface area contributed by atoms with Crippen LogP contribution in [0.5, 0.6) is 0 Å². The Hall–Kier alpha value is -1.95. The third kappa shape index (κ3) is 3.68. The van der Waals surface area contributed by atoms with Gasteiger partial charge in [0.2, 0.25) is 5.95 Å². The van der Waals surface area contributed by atoms with Gasteiger partial charge in [-0.2, -0.15) is 0 Å². The van der Waals surface area contributed by atoms with Crippen LogP contribution in [0.15, 0.2) is 18.5 Å². The zero-order chi connectivity index (χ0) is 17.2. The second-order valence-corrected chi connectivity index (χ2v) is 7.47. The molecule has 2 fully saturated rings. The molecule has 2 aliphatic rings. The van der Waals surface area contributed by atoms with Gasteiger partial charge in [0.1, 0.15) is 5.82 Å². The first-order valence-electron chi connectivity index (χ1n) is 9.48. The summed E-state index contributed by atoms with van der Waals surface area (Å²) in [5.74, 6) is 2.65. The van der Waals surface area contributed by atoms with E-state index in [0.717, 1.165) is 50.1 Å². The summed E-state index contributed by atoms with van der Waals surface area (Å²) < 4.78 is 2.19. The molecule has 6 heteroatoms. The lowest BCUT2D eigenvalue weighted by Gasteiger charge is -2.32. The predicted molar refractivity (Wildman–Crippen MR) is 98.7 cm³/mol. The Balaban J connectivity index is 1.44. The van der Waals surface area contributed by atoms with Gasteiger partial charge in [0.15, 0.2) is 0 Å². The minimum atomic E-state index is 0.521. The van der Waals surface area contributed by atoms with E-state index >= 15 is 0 Å². The minimum absolute atomic E-state index is 0.521. The first-order chi connectivity index (χ1) is 12.2. The van der Waals surface area contributed by atoms with Crippen LogP contribution in [0.25, 0.3) is 0 Å². The van der Waals surface area contributed by atoms with Crippen molar-refractivity contribution in [2.75, 3.05) is 31.1 Å². The molecule has 2 aromatic heterocycles. The maximum atomic E-state index is 4.82. The van der Waals surface area contributed by atoms with Crippen molar-refractivity contribution in [1.29, 1.82) is 0 Å². The second-order valence-electron chi connectivity index (χ2n) is 7.47. The monoisotopic (exact) mass is 340 g/mol. The van der Waals surface area contributed by atoms with Gasteiger partial charge in [-0.05, 0) is 45.2 Å². The molecule has 25 heavy (non-hydrogen) atoms. The lowest BCUT2D eigenvalue weighted by atomic mass is 9.97. The number of aromatic nitrogens is 4. The van der Waals surface area contributed by atoms with Gasteiger partial charge in [0.05, 0.1) is 11.4 Å². The number of likely N-dealkylation sites (tertiary alicyclic amines) is 1. The molecule has 0 radical (unpaired) electrons. The average Bonchev–Trinajstić information content (AvgIpc) is 3.25. The summed E-state index contributed by atoms with van der Waals surface area (Å²) in [7, 11) is 2.11. The van der Waals surface area contributed by atoms with Crippen LogP contribution in [0, 0.1) is 6.92 Å². The van der Waals surface area contributed by atoms with Gasteiger partial charge >= 0.3 is 0 Å². The summed E-state index contributed by atoms with van der Waals surface area (Å²) in [6.45, 7) is 7.37. The fourth-order valence-corrected chi connectivity index (χ4v) is 4.20. The van der Waals surface area contributed by atoms with Crippen molar-refractivity contribution >= 4 is 5.95 Å². The van der Waals surface area contributed by atoms with Crippen LogP contribution in [-0.4, -0.2) is 50.6 Å². The first-order valence-corrected chi connectivity index (χ1v) is 9.48. The number of piperidine rings is 1. The average molecular weight is 340 g/mol. The van der Waals surface area contributed by atoms with Crippen molar-refractivity contribution < 1.29 is 0 Å². The fourth-order valence-electron chi connectivity index (χ4n) is 4.20. The van der Waals surface area contributed by atoms with E-state index in [1.165, 1.54) is 31.5 Å². The van der Waals surface area contributed by atoms with Gasteiger partial charge in [-0.1, -0.05) is 0 Å². The number of aryl methyl sites for hydroxylation is 2. The highest BCUT2D eigenvalue weighted by Crippen LogP contribution is 2.27. The Bertz CT molecular complexity index is 718. The molecule has 6 nitrogen and oxygen atoms in total. The lowest BCUT2D eigenvalue weighted by molar-refractivity contribution is 0.193. The van der Waals surface area contributed by atoms with Crippen LogP contribution in [-0.2, 0) is 13.6 Å². The maximum Gasteiger partial charge on any atom is 0.225 e. The van der Waals surface area contributed by atoms with E-state index in [1.807, 2.05) is 6.20 Å². The van der Waals surface area contributed by atoms with Crippen LogP contribution in [0.2, 0.25) is 0 Å². The Kier molecular flexibility index (Phi) is 4.70. The molecular formula is C19H28N6. The Morgan fingerprint density at radius 2 is 1.96 bits per heavy atom. The molecule has 0 bridgehead atoms. The van der Waals surface area contributed by atoms with Gasteiger partial charge in [0.25, 0.3) is 0 Å². The topological polar surface area (TPSA) is 50.1 Å². The van der Waals surface area contributed by atoms with E-state index in [9.17, 15) is 0 Å². The molecule has 2 aromatic rings. The van der Waals surface area contributed by atoms with Crippen LogP contribution >= 0.6 is 0 Å². The summed E-state index contributed by atoms with van der Waals surface area (Å²) in [6, 6.07) is 2.06. The van der Waals surface area contributed by atoms with E-state index in [0.29, 0.717) is 5.92 Å². The number of anilines is 1.